The molecule has 1 atom stereocenters. The van der Waals surface area contributed by atoms with Gasteiger partial charge in [-0.15, -0.1) is 0 Å². The third kappa shape index (κ3) is 1.61. The van der Waals surface area contributed by atoms with Gasteiger partial charge in [-0.05, 0) is 24.3 Å². The Morgan fingerprint density at radius 3 is 2.79 bits per heavy atom. The summed E-state index contributed by atoms with van der Waals surface area (Å²) < 4.78 is 18.2. The summed E-state index contributed by atoms with van der Waals surface area (Å²) in [7, 11) is 0. The summed E-state index contributed by atoms with van der Waals surface area (Å²) in [6.45, 7) is 1.02. The van der Waals surface area contributed by atoms with Crippen molar-refractivity contribution < 1.29 is 13.9 Å². The number of alkyl halides is 1. The SMILES string of the molecule is CC(O)(F)c1cc2cc(Cl)ccc2o1. The van der Waals surface area contributed by atoms with Crippen molar-refractivity contribution in [1.82, 2.24) is 0 Å². The normalized spacial score (nSPS) is 15.7. The van der Waals surface area contributed by atoms with E-state index in [2.05, 4.69) is 0 Å². The Morgan fingerprint density at radius 1 is 1.43 bits per heavy atom. The van der Waals surface area contributed by atoms with Gasteiger partial charge < -0.3 is 9.52 Å². The van der Waals surface area contributed by atoms with Crippen molar-refractivity contribution in [2.75, 3.05) is 0 Å². The number of fused-ring (bicyclic) bond motifs is 1. The lowest BCUT2D eigenvalue weighted by atomic mass is 10.2. The maximum absolute atomic E-state index is 13.1. The van der Waals surface area contributed by atoms with Crippen LogP contribution in [-0.2, 0) is 5.85 Å². The maximum Gasteiger partial charge on any atom is 0.262 e. The van der Waals surface area contributed by atoms with Gasteiger partial charge in [0.15, 0.2) is 5.76 Å². The third-order valence-corrected chi connectivity index (χ3v) is 2.16. The Labute approximate surface area is 84.9 Å². The highest BCUT2D eigenvalue weighted by atomic mass is 35.5. The van der Waals surface area contributed by atoms with Crippen molar-refractivity contribution in [2.24, 2.45) is 0 Å². The summed E-state index contributed by atoms with van der Waals surface area (Å²) in [6.07, 6.45) is 0. The molecule has 2 rings (SSSR count). The lowest BCUT2D eigenvalue weighted by molar-refractivity contribution is -0.0927. The number of hydrogen-bond donors (Lipinski definition) is 1. The van der Waals surface area contributed by atoms with Crippen molar-refractivity contribution in [2.45, 2.75) is 12.8 Å². The van der Waals surface area contributed by atoms with Gasteiger partial charge in [-0.25, -0.2) is 4.39 Å². The highest BCUT2D eigenvalue weighted by molar-refractivity contribution is 6.31. The van der Waals surface area contributed by atoms with E-state index in [-0.39, 0.29) is 5.76 Å². The number of benzene rings is 1. The van der Waals surface area contributed by atoms with Crippen molar-refractivity contribution in [3.8, 4) is 0 Å². The zero-order chi connectivity index (χ0) is 10.3. The monoisotopic (exact) mass is 214 g/mol. The molecule has 14 heavy (non-hydrogen) atoms. The minimum Gasteiger partial charge on any atom is -0.455 e. The minimum atomic E-state index is -2.45. The molecule has 0 aliphatic rings. The van der Waals surface area contributed by atoms with Gasteiger partial charge in [-0.2, -0.15) is 0 Å². The lowest BCUT2D eigenvalue weighted by Crippen LogP contribution is -2.11. The van der Waals surface area contributed by atoms with E-state index in [1.807, 2.05) is 0 Å². The first-order valence-electron chi connectivity index (χ1n) is 4.08. The lowest BCUT2D eigenvalue weighted by Gasteiger charge is -2.07. The van der Waals surface area contributed by atoms with Crippen LogP contribution in [0.15, 0.2) is 28.7 Å². The number of rotatable bonds is 1. The predicted octanol–water partition coefficient (Wildman–Crippen LogP) is 3.22. The van der Waals surface area contributed by atoms with Gasteiger partial charge in [0.25, 0.3) is 5.85 Å². The molecule has 0 saturated heterocycles. The Balaban J connectivity index is 2.63. The second-order valence-electron chi connectivity index (χ2n) is 3.25. The number of hydrogen-bond acceptors (Lipinski definition) is 2. The highest BCUT2D eigenvalue weighted by Gasteiger charge is 2.26. The van der Waals surface area contributed by atoms with E-state index in [0.717, 1.165) is 6.92 Å². The van der Waals surface area contributed by atoms with Crippen LogP contribution in [0.5, 0.6) is 0 Å². The standard InChI is InChI=1S/C10H8ClFO2/c1-10(12,13)9-5-6-4-7(11)2-3-8(6)14-9/h2-5,13H,1H3. The summed E-state index contributed by atoms with van der Waals surface area (Å²) in [5.41, 5.74) is 0.502. The third-order valence-electron chi connectivity index (χ3n) is 1.93. The minimum absolute atomic E-state index is 0.116. The average molecular weight is 215 g/mol. The molecule has 0 aliphatic heterocycles. The summed E-state index contributed by atoms with van der Waals surface area (Å²) in [5, 5.41) is 10.3. The number of halogens is 2. The highest BCUT2D eigenvalue weighted by Crippen LogP contribution is 2.30. The van der Waals surface area contributed by atoms with Gasteiger partial charge in [0.2, 0.25) is 0 Å². The van der Waals surface area contributed by atoms with E-state index in [0.29, 0.717) is 16.0 Å². The fraction of sp³-hybridized carbons (Fsp3) is 0.200. The number of aliphatic hydroxyl groups is 1. The van der Waals surface area contributed by atoms with E-state index >= 15 is 0 Å². The fourth-order valence-electron chi connectivity index (χ4n) is 1.24. The Hall–Kier alpha value is -1.06. The first kappa shape index (κ1) is 9.49. The molecule has 0 bridgehead atoms. The van der Waals surface area contributed by atoms with Crippen LogP contribution in [-0.4, -0.2) is 5.11 Å². The molecular weight excluding hydrogens is 207 g/mol. The van der Waals surface area contributed by atoms with Crippen LogP contribution in [0.3, 0.4) is 0 Å². The molecular formula is C10H8ClFO2. The second kappa shape index (κ2) is 2.97. The van der Waals surface area contributed by atoms with Crippen LogP contribution in [0.4, 0.5) is 4.39 Å². The molecule has 1 heterocycles. The van der Waals surface area contributed by atoms with E-state index in [1.165, 1.54) is 6.07 Å². The van der Waals surface area contributed by atoms with E-state index in [9.17, 15) is 4.39 Å². The summed E-state index contributed by atoms with van der Waals surface area (Å²) >= 11 is 5.74. The molecule has 0 saturated carbocycles. The fourth-order valence-corrected chi connectivity index (χ4v) is 1.42. The van der Waals surface area contributed by atoms with Gasteiger partial charge in [0, 0.05) is 17.3 Å². The van der Waals surface area contributed by atoms with Crippen LogP contribution in [0, 0.1) is 0 Å². The summed E-state index contributed by atoms with van der Waals surface area (Å²) in [5.74, 6) is -2.57. The first-order chi connectivity index (χ1) is 6.47. The smallest absolute Gasteiger partial charge is 0.262 e. The largest absolute Gasteiger partial charge is 0.455 e. The molecule has 1 N–H and O–H groups in total. The van der Waals surface area contributed by atoms with Crippen molar-refractivity contribution >= 4 is 22.6 Å². The van der Waals surface area contributed by atoms with Crippen LogP contribution in [0.1, 0.15) is 12.7 Å². The zero-order valence-corrected chi connectivity index (χ0v) is 8.18. The number of furan rings is 1. The second-order valence-corrected chi connectivity index (χ2v) is 3.68. The van der Waals surface area contributed by atoms with E-state index in [1.54, 1.807) is 18.2 Å². The van der Waals surface area contributed by atoms with Crippen LogP contribution < -0.4 is 0 Å². The quantitative estimate of drug-likeness (QED) is 0.791. The van der Waals surface area contributed by atoms with Crippen molar-refractivity contribution in [3.63, 3.8) is 0 Å². The molecule has 0 fully saturated rings. The van der Waals surface area contributed by atoms with Gasteiger partial charge in [-0.3, -0.25) is 0 Å². The van der Waals surface area contributed by atoms with Crippen LogP contribution in [0.25, 0.3) is 11.0 Å². The van der Waals surface area contributed by atoms with Crippen LogP contribution in [0.2, 0.25) is 5.02 Å². The summed E-state index contributed by atoms with van der Waals surface area (Å²) in [4.78, 5) is 0. The van der Waals surface area contributed by atoms with Gasteiger partial charge >= 0.3 is 0 Å². The van der Waals surface area contributed by atoms with E-state index in [4.69, 9.17) is 21.1 Å². The molecule has 1 aromatic heterocycles. The van der Waals surface area contributed by atoms with Gasteiger partial charge in [0.05, 0.1) is 0 Å². The topological polar surface area (TPSA) is 33.4 Å². The Kier molecular flexibility index (Phi) is 2.01. The molecule has 2 nitrogen and oxygen atoms in total. The van der Waals surface area contributed by atoms with Gasteiger partial charge in [-0.1, -0.05) is 11.6 Å². The van der Waals surface area contributed by atoms with Crippen molar-refractivity contribution in [3.05, 3.63) is 35.0 Å². The van der Waals surface area contributed by atoms with Crippen molar-refractivity contribution in [1.29, 1.82) is 0 Å². The molecule has 74 valence electrons. The maximum atomic E-state index is 13.1. The molecule has 0 amide bonds. The van der Waals surface area contributed by atoms with Crippen LogP contribution >= 0.6 is 11.6 Å². The molecule has 2 aromatic rings. The van der Waals surface area contributed by atoms with Gasteiger partial charge in [0.1, 0.15) is 5.58 Å². The molecule has 1 aromatic carbocycles. The van der Waals surface area contributed by atoms with E-state index < -0.39 is 5.85 Å². The first-order valence-corrected chi connectivity index (χ1v) is 4.45. The molecule has 0 aliphatic carbocycles. The molecule has 4 heteroatoms. The molecule has 0 radical (unpaired) electrons. The molecule has 0 spiro atoms. The zero-order valence-electron chi connectivity index (χ0n) is 7.42. The summed E-state index contributed by atoms with van der Waals surface area (Å²) in [6, 6.07) is 6.36. The predicted molar refractivity (Wildman–Crippen MR) is 51.9 cm³/mol. The Bertz CT molecular complexity index is 470. The molecule has 1 unspecified atom stereocenters. The Morgan fingerprint density at radius 2 is 2.14 bits per heavy atom. The average Bonchev–Trinajstić information content (AvgIpc) is 2.45.